The van der Waals surface area contributed by atoms with Gasteiger partial charge < -0.3 is 9.84 Å². The molecular weight excluding hydrogens is 196 g/mol. The van der Waals surface area contributed by atoms with Crippen molar-refractivity contribution in [1.29, 1.82) is 0 Å². The lowest BCUT2D eigenvalue weighted by Crippen LogP contribution is -2.15. The molecule has 0 aliphatic rings. The molecule has 0 rings (SSSR count). The quantitative estimate of drug-likeness (QED) is 0.232. The third-order valence-electron chi connectivity index (χ3n) is 1.88. The van der Waals surface area contributed by atoms with Crippen molar-refractivity contribution < 1.29 is 19.4 Å². The maximum Gasteiger partial charge on any atom is 0.345 e. The topological polar surface area (TPSA) is 63.6 Å². The third-order valence-corrected chi connectivity index (χ3v) is 1.88. The summed E-state index contributed by atoms with van der Waals surface area (Å²) in [5.74, 6) is -1.97. The van der Waals surface area contributed by atoms with Crippen LogP contribution in [-0.2, 0) is 14.3 Å². The van der Waals surface area contributed by atoms with Crippen LogP contribution in [0.5, 0.6) is 0 Å². The molecule has 0 aromatic rings. The van der Waals surface area contributed by atoms with Crippen molar-refractivity contribution in [3.8, 4) is 0 Å². The van der Waals surface area contributed by atoms with Gasteiger partial charge in [0.25, 0.3) is 0 Å². The highest BCUT2D eigenvalue weighted by molar-refractivity contribution is 6.13. The largest absolute Gasteiger partial charge is 0.477 e. The second-order valence-corrected chi connectivity index (χ2v) is 3.14. The number of hydrogen-bond donors (Lipinski definition) is 1. The summed E-state index contributed by atoms with van der Waals surface area (Å²) in [6.07, 6.45) is 5.04. The van der Waals surface area contributed by atoms with Crippen LogP contribution in [-0.4, -0.2) is 23.7 Å². The number of aliphatic carboxylic acids is 1. The van der Waals surface area contributed by atoms with E-state index in [1.807, 2.05) is 0 Å². The molecule has 0 atom stereocenters. The Bertz CT molecular complexity index is 243. The zero-order valence-corrected chi connectivity index (χ0v) is 9.28. The molecule has 1 N–H and O–H groups in total. The number of esters is 1. The van der Waals surface area contributed by atoms with E-state index in [0.717, 1.165) is 19.3 Å². The predicted octanol–water partition coefficient (Wildman–Crippen LogP) is 2.14. The molecule has 0 spiro atoms. The number of ether oxygens (including phenoxy) is 1. The van der Waals surface area contributed by atoms with E-state index < -0.39 is 11.9 Å². The van der Waals surface area contributed by atoms with Gasteiger partial charge in [-0.05, 0) is 19.8 Å². The SMILES string of the molecule is CCCCCC=C(C(=O)O)C(=O)OCC. The number of carboxylic acids is 1. The minimum Gasteiger partial charge on any atom is -0.477 e. The second-order valence-electron chi connectivity index (χ2n) is 3.14. The summed E-state index contributed by atoms with van der Waals surface area (Å²) in [6, 6.07) is 0. The molecule has 0 amide bonds. The molecule has 0 aliphatic heterocycles. The standard InChI is InChI=1S/C11H18O4/c1-3-5-6-7-8-9(10(12)13)11(14)15-4-2/h8H,3-7H2,1-2H3,(H,12,13). The van der Waals surface area contributed by atoms with Crippen LogP contribution in [0, 0.1) is 0 Å². The number of carboxylic acid groups (broad SMARTS) is 1. The molecule has 4 heteroatoms. The van der Waals surface area contributed by atoms with Gasteiger partial charge in [0, 0.05) is 0 Å². The van der Waals surface area contributed by atoms with Crippen molar-refractivity contribution in [2.24, 2.45) is 0 Å². The summed E-state index contributed by atoms with van der Waals surface area (Å²) in [5, 5.41) is 8.76. The van der Waals surface area contributed by atoms with Crippen molar-refractivity contribution in [3.63, 3.8) is 0 Å². The molecule has 0 aromatic carbocycles. The Morgan fingerprint density at radius 1 is 1.27 bits per heavy atom. The molecule has 86 valence electrons. The maximum absolute atomic E-state index is 11.2. The van der Waals surface area contributed by atoms with Gasteiger partial charge in [0.1, 0.15) is 5.57 Å². The highest BCUT2D eigenvalue weighted by Gasteiger charge is 2.17. The van der Waals surface area contributed by atoms with Gasteiger partial charge in [0.05, 0.1) is 6.61 Å². The molecule has 0 saturated carbocycles. The molecule has 0 unspecified atom stereocenters. The van der Waals surface area contributed by atoms with E-state index >= 15 is 0 Å². The Kier molecular flexibility index (Phi) is 7.32. The molecule has 0 aromatic heterocycles. The van der Waals surface area contributed by atoms with Gasteiger partial charge >= 0.3 is 11.9 Å². The first-order valence-corrected chi connectivity index (χ1v) is 5.24. The second kappa shape index (κ2) is 8.03. The summed E-state index contributed by atoms with van der Waals surface area (Å²) in [5.41, 5.74) is -0.257. The van der Waals surface area contributed by atoms with Gasteiger partial charge in [-0.25, -0.2) is 9.59 Å². The highest BCUT2D eigenvalue weighted by atomic mass is 16.5. The summed E-state index contributed by atoms with van der Waals surface area (Å²) in [4.78, 5) is 21.9. The number of hydrogen-bond acceptors (Lipinski definition) is 3. The zero-order valence-electron chi connectivity index (χ0n) is 9.28. The zero-order chi connectivity index (χ0) is 11.7. The summed E-state index contributed by atoms with van der Waals surface area (Å²) in [7, 11) is 0. The van der Waals surface area contributed by atoms with Gasteiger partial charge in [0.2, 0.25) is 0 Å². The maximum atomic E-state index is 11.2. The average molecular weight is 214 g/mol. The molecule has 4 nitrogen and oxygen atoms in total. The van der Waals surface area contributed by atoms with Gasteiger partial charge in [-0.15, -0.1) is 0 Å². The lowest BCUT2D eigenvalue weighted by Gasteiger charge is -2.02. The molecule has 0 radical (unpaired) electrons. The fourth-order valence-corrected chi connectivity index (χ4v) is 1.11. The molecule has 0 saturated heterocycles. The van der Waals surface area contributed by atoms with Gasteiger partial charge in [0.15, 0.2) is 0 Å². The molecule has 0 fully saturated rings. The summed E-state index contributed by atoms with van der Waals surface area (Å²) < 4.78 is 4.63. The first-order chi connectivity index (χ1) is 7.13. The molecule has 15 heavy (non-hydrogen) atoms. The van der Waals surface area contributed by atoms with Crippen LogP contribution in [0.1, 0.15) is 39.5 Å². The first-order valence-electron chi connectivity index (χ1n) is 5.24. The van der Waals surface area contributed by atoms with Crippen LogP contribution in [0.3, 0.4) is 0 Å². The van der Waals surface area contributed by atoms with Crippen LogP contribution in [0.2, 0.25) is 0 Å². The van der Waals surface area contributed by atoms with E-state index in [1.54, 1.807) is 6.92 Å². The van der Waals surface area contributed by atoms with E-state index in [1.165, 1.54) is 6.08 Å². The van der Waals surface area contributed by atoms with Gasteiger partial charge in [-0.1, -0.05) is 25.8 Å². The van der Waals surface area contributed by atoms with E-state index in [2.05, 4.69) is 11.7 Å². The molecule has 0 heterocycles. The van der Waals surface area contributed by atoms with Crippen molar-refractivity contribution in [3.05, 3.63) is 11.6 Å². The van der Waals surface area contributed by atoms with Crippen LogP contribution < -0.4 is 0 Å². The Balaban J connectivity index is 4.25. The molecular formula is C11H18O4. The van der Waals surface area contributed by atoms with Crippen molar-refractivity contribution in [2.45, 2.75) is 39.5 Å². The Morgan fingerprint density at radius 3 is 2.40 bits per heavy atom. The Hall–Kier alpha value is -1.32. The lowest BCUT2D eigenvalue weighted by molar-refractivity contribution is -0.143. The normalized spacial score (nSPS) is 11.2. The fraction of sp³-hybridized carbons (Fsp3) is 0.636. The number of carbonyl (C=O) groups is 2. The van der Waals surface area contributed by atoms with E-state index in [0.29, 0.717) is 6.42 Å². The minimum absolute atomic E-state index is 0.193. The van der Waals surface area contributed by atoms with Crippen LogP contribution in [0.15, 0.2) is 11.6 Å². The summed E-state index contributed by atoms with van der Waals surface area (Å²) in [6.45, 7) is 3.90. The number of carbonyl (C=O) groups excluding carboxylic acids is 1. The van der Waals surface area contributed by atoms with E-state index in [9.17, 15) is 9.59 Å². The van der Waals surface area contributed by atoms with Crippen LogP contribution in [0.25, 0.3) is 0 Å². The Labute approximate surface area is 89.9 Å². The van der Waals surface area contributed by atoms with E-state index in [-0.39, 0.29) is 12.2 Å². The third kappa shape index (κ3) is 5.88. The molecule has 0 aliphatic carbocycles. The number of unbranched alkanes of at least 4 members (excludes halogenated alkanes) is 3. The lowest BCUT2D eigenvalue weighted by atomic mass is 10.1. The van der Waals surface area contributed by atoms with Crippen LogP contribution in [0.4, 0.5) is 0 Å². The first kappa shape index (κ1) is 13.7. The van der Waals surface area contributed by atoms with Crippen molar-refractivity contribution in [2.75, 3.05) is 6.61 Å². The number of allylic oxidation sites excluding steroid dienone is 1. The highest BCUT2D eigenvalue weighted by Crippen LogP contribution is 2.05. The Morgan fingerprint density at radius 2 is 1.93 bits per heavy atom. The fourth-order valence-electron chi connectivity index (χ4n) is 1.11. The molecule has 0 bridgehead atoms. The van der Waals surface area contributed by atoms with Crippen LogP contribution >= 0.6 is 0 Å². The van der Waals surface area contributed by atoms with Crippen molar-refractivity contribution in [1.82, 2.24) is 0 Å². The van der Waals surface area contributed by atoms with Gasteiger partial charge in [-0.3, -0.25) is 0 Å². The smallest absolute Gasteiger partial charge is 0.345 e. The van der Waals surface area contributed by atoms with Gasteiger partial charge in [-0.2, -0.15) is 0 Å². The summed E-state index contributed by atoms with van der Waals surface area (Å²) >= 11 is 0. The monoisotopic (exact) mass is 214 g/mol. The minimum atomic E-state index is -1.22. The number of rotatable bonds is 7. The van der Waals surface area contributed by atoms with Crippen molar-refractivity contribution >= 4 is 11.9 Å². The van der Waals surface area contributed by atoms with E-state index in [4.69, 9.17) is 5.11 Å². The average Bonchev–Trinajstić information content (AvgIpc) is 2.17. The predicted molar refractivity (Wildman–Crippen MR) is 56.5 cm³/mol.